The highest BCUT2D eigenvalue weighted by Gasteiger charge is 2.22. The Hall–Kier alpha value is -1.24. The third-order valence-corrected chi connectivity index (χ3v) is 3.22. The van der Waals surface area contributed by atoms with E-state index in [-0.39, 0.29) is 10.6 Å². The van der Waals surface area contributed by atoms with E-state index in [2.05, 4.69) is 4.98 Å². The number of pyridine rings is 1. The largest absolute Gasteiger partial charge is 0.396 e. The predicted octanol–water partition coefficient (Wildman–Crippen LogP) is 0.703. The maximum atomic E-state index is 11.9. The summed E-state index contributed by atoms with van der Waals surface area (Å²) >= 11 is 0. The Bertz CT molecular complexity index is 419. The molecule has 0 aliphatic carbocycles. The van der Waals surface area contributed by atoms with Crippen LogP contribution in [0.25, 0.3) is 0 Å². The monoisotopic (exact) mass is 222 g/mol. The molecule has 0 radical (unpaired) electrons. The molecule has 4 nitrogen and oxygen atoms in total. The van der Waals surface area contributed by atoms with E-state index in [0.29, 0.717) is 0 Å². The summed E-state index contributed by atoms with van der Waals surface area (Å²) in [6.45, 7) is 0. The quantitative estimate of drug-likeness (QED) is 0.817. The van der Waals surface area contributed by atoms with Gasteiger partial charge in [0, 0.05) is 6.20 Å². The van der Waals surface area contributed by atoms with Gasteiger partial charge in [0.25, 0.3) is 6.43 Å². The van der Waals surface area contributed by atoms with Crippen LogP contribution in [-0.4, -0.2) is 25.6 Å². The van der Waals surface area contributed by atoms with Gasteiger partial charge >= 0.3 is 0 Å². The molecule has 0 saturated carbocycles. The maximum absolute atomic E-state index is 11.9. The Morgan fingerprint density at radius 3 is 2.64 bits per heavy atom. The van der Waals surface area contributed by atoms with Gasteiger partial charge in [-0.25, -0.2) is 17.2 Å². The maximum Gasteiger partial charge on any atom is 0.252 e. The standard InChI is InChI=1S/C7H8F2N2O2S/c8-7(9)4-14(12,13)6-1-2-11-3-5(6)10/h1-3,7H,4,10H2. The van der Waals surface area contributed by atoms with Crippen LogP contribution in [-0.2, 0) is 9.84 Å². The lowest BCUT2D eigenvalue weighted by Crippen LogP contribution is -2.15. The minimum atomic E-state index is -4.01. The van der Waals surface area contributed by atoms with Gasteiger partial charge < -0.3 is 5.73 Å². The van der Waals surface area contributed by atoms with Crippen LogP contribution in [0.2, 0.25) is 0 Å². The lowest BCUT2D eigenvalue weighted by Gasteiger charge is -2.05. The third kappa shape index (κ3) is 2.38. The number of sulfone groups is 1. The number of rotatable bonds is 3. The van der Waals surface area contributed by atoms with E-state index >= 15 is 0 Å². The topological polar surface area (TPSA) is 73.0 Å². The van der Waals surface area contributed by atoms with Gasteiger partial charge in [-0.2, -0.15) is 0 Å². The van der Waals surface area contributed by atoms with E-state index < -0.39 is 22.0 Å². The van der Waals surface area contributed by atoms with Crippen molar-refractivity contribution in [2.75, 3.05) is 11.5 Å². The van der Waals surface area contributed by atoms with Crippen LogP contribution in [0.4, 0.5) is 14.5 Å². The number of alkyl halides is 2. The number of aromatic nitrogens is 1. The molecule has 0 aliphatic rings. The van der Waals surface area contributed by atoms with Gasteiger partial charge in [-0.3, -0.25) is 4.98 Å². The summed E-state index contributed by atoms with van der Waals surface area (Å²) in [6, 6.07) is 1.10. The molecule has 1 heterocycles. The van der Waals surface area contributed by atoms with Gasteiger partial charge in [0.05, 0.1) is 16.8 Å². The van der Waals surface area contributed by atoms with Gasteiger partial charge in [0.1, 0.15) is 5.75 Å². The van der Waals surface area contributed by atoms with Gasteiger partial charge in [0.15, 0.2) is 9.84 Å². The Labute approximate surface area is 79.7 Å². The van der Waals surface area contributed by atoms with Crippen molar-refractivity contribution < 1.29 is 17.2 Å². The minimum absolute atomic E-state index is 0.117. The number of halogens is 2. The highest BCUT2D eigenvalue weighted by Crippen LogP contribution is 2.18. The fourth-order valence-electron chi connectivity index (χ4n) is 0.933. The zero-order valence-electron chi connectivity index (χ0n) is 7.02. The highest BCUT2D eigenvalue weighted by molar-refractivity contribution is 7.91. The molecule has 1 aromatic heterocycles. The van der Waals surface area contributed by atoms with Gasteiger partial charge in [0.2, 0.25) is 0 Å². The van der Waals surface area contributed by atoms with E-state index in [9.17, 15) is 17.2 Å². The Morgan fingerprint density at radius 1 is 1.50 bits per heavy atom. The van der Waals surface area contributed by atoms with Crippen LogP contribution in [0, 0.1) is 0 Å². The van der Waals surface area contributed by atoms with Crippen molar-refractivity contribution in [1.29, 1.82) is 0 Å². The van der Waals surface area contributed by atoms with Crippen molar-refractivity contribution in [1.82, 2.24) is 4.98 Å². The van der Waals surface area contributed by atoms with Crippen LogP contribution in [0.5, 0.6) is 0 Å². The van der Waals surface area contributed by atoms with Gasteiger partial charge in [-0.1, -0.05) is 0 Å². The molecule has 0 aliphatic heterocycles. The van der Waals surface area contributed by atoms with E-state index in [1.54, 1.807) is 0 Å². The molecule has 14 heavy (non-hydrogen) atoms. The molecule has 0 aromatic carbocycles. The number of hydrogen-bond acceptors (Lipinski definition) is 4. The van der Waals surface area contributed by atoms with Crippen LogP contribution in [0.15, 0.2) is 23.4 Å². The zero-order valence-corrected chi connectivity index (χ0v) is 7.84. The molecular formula is C7H8F2N2O2S. The summed E-state index contributed by atoms with van der Waals surface area (Å²) < 4.78 is 46.4. The number of anilines is 1. The first kappa shape index (κ1) is 10.8. The Balaban J connectivity index is 3.11. The number of nitrogens with zero attached hydrogens (tertiary/aromatic N) is 1. The molecule has 1 rings (SSSR count). The molecule has 0 unspecified atom stereocenters. The lowest BCUT2D eigenvalue weighted by atomic mass is 10.4. The van der Waals surface area contributed by atoms with Crippen molar-refractivity contribution in [2.24, 2.45) is 0 Å². The first-order chi connectivity index (χ1) is 6.43. The summed E-state index contributed by atoms with van der Waals surface area (Å²) in [5, 5.41) is 0. The number of nitrogen functional groups attached to an aromatic ring is 1. The summed E-state index contributed by atoms with van der Waals surface area (Å²) in [5.41, 5.74) is 5.18. The smallest absolute Gasteiger partial charge is 0.252 e. The van der Waals surface area contributed by atoms with Crippen molar-refractivity contribution in [3.8, 4) is 0 Å². The zero-order chi connectivity index (χ0) is 10.8. The fraction of sp³-hybridized carbons (Fsp3) is 0.286. The third-order valence-electron chi connectivity index (χ3n) is 1.49. The van der Waals surface area contributed by atoms with Crippen molar-refractivity contribution in [3.63, 3.8) is 0 Å². The van der Waals surface area contributed by atoms with Crippen LogP contribution in [0.1, 0.15) is 0 Å². The summed E-state index contributed by atoms with van der Waals surface area (Å²) in [4.78, 5) is 3.26. The average molecular weight is 222 g/mol. The second kappa shape index (κ2) is 3.87. The van der Waals surface area contributed by atoms with Crippen molar-refractivity contribution in [2.45, 2.75) is 11.3 Å². The second-order valence-corrected chi connectivity index (χ2v) is 4.59. The normalized spacial score (nSPS) is 11.9. The van der Waals surface area contributed by atoms with Crippen LogP contribution in [0.3, 0.4) is 0 Å². The molecule has 0 fully saturated rings. The highest BCUT2D eigenvalue weighted by atomic mass is 32.2. The SMILES string of the molecule is Nc1cnccc1S(=O)(=O)CC(F)F. The van der Waals surface area contributed by atoms with E-state index in [0.717, 1.165) is 12.3 Å². The Kier molecular flexibility index (Phi) is 3.00. The second-order valence-electron chi connectivity index (χ2n) is 2.59. The lowest BCUT2D eigenvalue weighted by molar-refractivity contribution is 0.174. The molecule has 0 saturated heterocycles. The molecule has 0 atom stereocenters. The molecule has 78 valence electrons. The van der Waals surface area contributed by atoms with Crippen molar-refractivity contribution in [3.05, 3.63) is 18.5 Å². The summed E-state index contributed by atoms with van der Waals surface area (Å²) in [6.07, 6.45) is -0.611. The molecule has 0 spiro atoms. The minimum Gasteiger partial charge on any atom is -0.396 e. The number of nitrogens with two attached hydrogens (primary N) is 1. The Morgan fingerprint density at radius 2 is 2.14 bits per heavy atom. The summed E-state index contributed by atoms with van der Waals surface area (Å²) in [5.74, 6) is -1.22. The van der Waals surface area contributed by atoms with Crippen LogP contribution < -0.4 is 5.73 Å². The van der Waals surface area contributed by atoms with Crippen LogP contribution >= 0.6 is 0 Å². The number of hydrogen-bond donors (Lipinski definition) is 1. The first-order valence-electron chi connectivity index (χ1n) is 3.64. The van der Waals surface area contributed by atoms with Gasteiger partial charge in [-0.05, 0) is 6.07 Å². The average Bonchev–Trinajstić information content (AvgIpc) is 2.02. The van der Waals surface area contributed by atoms with Gasteiger partial charge in [-0.15, -0.1) is 0 Å². The van der Waals surface area contributed by atoms with E-state index in [1.165, 1.54) is 6.20 Å². The molecule has 0 amide bonds. The first-order valence-corrected chi connectivity index (χ1v) is 5.29. The molecular weight excluding hydrogens is 214 g/mol. The summed E-state index contributed by atoms with van der Waals surface area (Å²) in [7, 11) is -4.01. The van der Waals surface area contributed by atoms with E-state index in [4.69, 9.17) is 5.73 Å². The fourth-order valence-corrected chi connectivity index (χ4v) is 2.12. The molecule has 7 heteroatoms. The molecule has 0 bridgehead atoms. The van der Waals surface area contributed by atoms with Crippen molar-refractivity contribution >= 4 is 15.5 Å². The predicted molar refractivity (Wildman–Crippen MR) is 46.7 cm³/mol. The van der Waals surface area contributed by atoms with E-state index in [1.807, 2.05) is 0 Å². The molecule has 1 aromatic rings. The molecule has 2 N–H and O–H groups in total.